The molecule has 2 amide bonds. The Hall–Kier alpha value is -3.76. The van der Waals surface area contributed by atoms with Crippen molar-refractivity contribution in [3.05, 3.63) is 64.4 Å². The van der Waals surface area contributed by atoms with Gasteiger partial charge in [-0.1, -0.05) is 29.5 Å². The summed E-state index contributed by atoms with van der Waals surface area (Å²) >= 11 is 0. The van der Waals surface area contributed by atoms with Crippen LogP contribution in [-0.2, 0) is 22.3 Å². The number of nitrogens with one attached hydrogen (secondary N) is 1. The Morgan fingerprint density at radius 2 is 1.78 bits per heavy atom. The summed E-state index contributed by atoms with van der Waals surface area (Å²) in [6, 6.07) is 11.3. The van der Waals surface area contributed by atoms with Gasteiger partial charge in [-0.05, 0) is 31.2 Å². The average molecular weight is 447 g/mol. The first-order valence-electron chi connectivity index (χ1n) is 9.77. The largest absolute Gasteiger partial charge is 0.418 e. The predicted octanol–water partition coefficient (Wildman–Crippen LogP) is 2.69. The normalized spacial score (nSPS) is 11.4. The van der Waals surface area contributed by atoms with Gasteiger partial charge in [0.1, 0.15) is 5.52 Å². The molecule has 1 aromatic heterocycles. The number of hydrogen-bond donors (Lipinski definition) is 1. The fourth-order valence-electron chi connectivity index (χ4n) is 3.11. The van der Waals surface area contributed by atoms with E-state index in [-0.39, 0.29) is 25.2 Å². The molecule has 0 spiro atoms. The highest BCUT2D eigenvalue weighted by molar-refractivity contribution is 5.95. The average Bonchev–Trinajstić information content (AvgIpc) is 2.76. The number of likely N-dealkylation sites (N-methyl/N-ethyl adjacent to an activating group) is 1. The van der Waals surface area contributed by atoms with Crippen LogP contribution in [0.2, 0.25) is 0 Å². The summed E-state index contributed by atoms with van der Waals surface area (Å²) in [4.78, 5) is 38.5. The number of para-hydroxylation sites is 1. The maximum atomic E-state index is 13.1. The van der Waals surface area contributed by atoms with Gasteiger partial charge < -0.3 is 10.2 Å². The molecular formula is C21H20F3N5O3. The highest BCUT2D eigenvalue weighted by atomic mass is 19.4. The molecule has 0 aliphatic heterocycles. The fourth-order valence-corrected chi connectivity index (χ4v) is 3.11. The number of alkyl halides is 3. The van der Waals surface area contributed by atoms with Gasteiger partial charge in [-0.15, -0.1) is 5.10 Å². The van der Waals surface area contributed by atoms with E-state index in [0.29, 0.717) is 10.9 Å². The molecule has 168 valence electrons. The van der Waals surface area contributed by atoms with Crippen molar-refractivity contribution >= 4 is 28.4 Å². The van der Waals surface area contributed by atoms with Crippen LogP contribution < -0.4 is 10.9 Å². The van der Waals surface area contributed by atoms with Gasteiger partial charge in [0.15, 0.2) is 0 Å². The Balaban J connectivity index is 1.64. The third-order valence-corrected chi connectivity index (χ3v) is 4.74. The lowest BCUT2D eigenvalue weighted by molar-refractivity contribution is -0.137. The number of rotatable bonds is 7. The number of carbonyl (C=O) groups excluding carboxylic acids is 2. The van der Waals surface area contributed by atoms with Crippen molar-refractivity contribution in [2.24, 2.45) is 0 Å². The van der Waals surface area contributed by atoms with Crippen LogP contribution in [0.1, 0.15) is 18.9 Å². The zero-order valence-corrected chi connectivity index (χ0v) is 17.1. The van der Waals surface area contributed by atoms with E-state index in [9.17, 15) is 27.6 Å². The number of aromatic nitrogens is 3. The van der Waals surface area contributed by atoms with Crippen molar-refractivity contribution in [1.29, 1.82) is 0 Å². The van der Waals surface area contributed by atoms with Gasteiger partial charge in [-0.3, -0.25) is 14.4 Å². The lowest BCUT2D eigenvalue weighted by Gasteiger charge is -2.21. The second kappa shape index (κ2) is 9.58. The summed E-state index contributed by atoms with van der Waals surface area (Å²) in [5.41, 5.74) is -1.32. The van der Waals surface area contributed by atoms with Gasteiger partial charge in [0.25, 0.3) is 5.56 Å². The number of anilines is 1. The highest BCUT2D eigenvalue weighted by Gasteiger charge is 2.33. The van der Waals surface area contributed by atoms with E-state index in [4.69, 9.17) is 0 Å². The third kappa shape index (κ3) is 5.29. The molecule has 0 bridgehead atoms. The van der Waals surface area contributed by atoms with E-state index in [1.54, 1.807) is 31.2 Å². The summed E-state index contributed by atoms with van der Waals surface area (Å²) in [5, 5.41) is 10.3. The van der Waals surface area contributed by atoms with Crippen LogP contribution in [0, 0.1) is 0 Å². The molecule has 1 N–H and O–H groups in total. The maximum Gasteiger partial charge on any atom is 0.418 e. The van der Waals surface area contributed by atoms with Crippen LogP contribution in [-0.4, -0.2) is 44.8 Å². The SMILES string of the molecule is CCN(CC(=O)Nc1ccccc1C(F)(F)F)C(=O)CCn1nnc2ccccc2c1=O. The number of benzene rings is 2. The van der Waals surface area contributed by atoms with Crippen molar-refractivity contribution in [2.45, 2.75) is 26.1 Å². The first kappa shape index (κ1) is 22.9. The molecule has 0 aliphatic rings. The van der Waals surface area contributed by atoms with E-state index < -0.39 is 35.7 Å². The van der Waals surface area contributed by atoms with Gasteiger partial charge in [-0.25, -0.2) is 4.68 Å². The summed E-state index contributed by atoms with van der Waals surface area (Å²) in [6.45, 7) is 1.31. The van der Waals surface area contributed by atoms with Crippen LogP contribution in [0.3, 0.4) is 0 Å². The Morgan fingerprint density at radius 3 is 2.50 bits per heavy atom. The van der Waals surface area contributed by atoms with Gasteiger partial charge in [0.05, 0.1) is 29.7 Å². The highest BCUT2D eigenvalue weighted by Crippen LogP contribution is 2.34. The van der Waals surface area contributed by atoms with Gasteiger partial charge in [-0.2, -0.15) is 13.2 Å². The third-order valence-electron chi connectivity index (χ3n) is 4.74. The summed E-state index contributed by atoms with van der Waals surface area (Å²) < 4.78 is 40.3. The first-order valence-corrected chi connectivity index (χ1v) is 9.77. The molecule has 2 aromatic carbocycles. The molecule has 0 saturated carbocycles. The topological polar surface area (TPSA) is 97.2 Å². The molecule has 3 rings (SSSR count). The molecule has 11 heteroatoms. The van der Waals surface area contributed by atoms with Crippen LogP contribution in [0.5, 0.6) is 0 Å². The summed E-state index contributed by atoms with van der Waals surface area (Å²) in [6.07, 6.45) is -4.76. The molecule has 3 aromatic rings. The number of carbonyl (C=O) groups is 2. The van der Waals surface area contributed by atoms with E-state index >= 15 is 0 Å². The van der Waals surface area contributed by atoms with Crippen molar-refractivity contribution in [3.8, 4) is 0 Å². The van der Waals surface area contributed by atoms with Crippen LogP contribution in [0.15, 0.2) is 53.3 Å². The van der Waals surface area contributed by atoms with Crippen molar-refractivity contribution in [2.75, 3.05) is 18.4 Å². The molecule has 0 fully saturated rings. The lowest BCUT2D eigenvalue weighted by Crippen LogP contribution is -2.39. The second-order valence-corrected chi connectivity index (χ2v) is 6.88. The van der Waals surface area contributed by atoms with Crippen molar-refractivity contribution < 1.29 is 22.8 Å². The number of nitrogens with zero attached hydrogens (tertiary/aromatic N) is 4. The minimum atomic E-state index is -4.63. The Kier molecular flexibility index (Phi) is 6.86. The van der Waals surface area contributed by atoms with Crippen LogP contribution in [0.4, 0.5) is 18.9 Å². The number of aryl methyl sites for hydroxylation is 1. The number of amides is 2. The minimum absolute atomic E-state index is 0.0511. The van der Waals surface area contributed by atoms with E-state index in [0.717, 1.165) is 16.8 Å². The summed E-state index contributed by atoms with van der Waals surface area (Å²) in [7, 11) is 0. The molecule has 0 saturated heterocycles. The Morgan fingerprint density at radius 1 is 1.09 bits per heavy atom. The number of halogens is 3. The van der Waals surface area contributed by atoms with Crippen molar-refractivity contribution in [3.63, 3.8) is 0 Å². The first-order chi connectivity index (χ1) is 15.2. The summed E-state index contributed by atoms with van der Waals surface area (Å²) in [5.74, 6) is -1.21. The second-order valence-electron chi connectivity index (χ2n) is 6.88. The Bertz CT molecular complexity index is 1190. The molecule has 32 heavy (non-hydrogen) atoms. The van der Waals surface area contributed by atoms with E-state index in [2.05, 4.69) is 15.6 Å². The van der Waals surface area contributed by atoms with Crippen LogP contribution >= 0.6 is 0 Å². The van der Waals surface area contributed by atoms with Gasteiger partial charge >= 0.3 is 6.18 Å². The molecule has 1 heterocycles. The smallest absolute Gasteiger partial charge is 0.334 e. The molecular weight excluding hydrogens is 427 g/mol. The number of hydrogen-bond acceptors (Lipinski definition) is 5. The number of fused-ring (bicyclic) bond motifs is 1. The maximum absolute atomic E-state index is 13.1. The van der Waals surface area contributed by atoms with Gasteiger partial charge in [0, 0.05) is 13.0 Å². The standard InChI is InChI=1S/C21H20F3N5O3/c1-2-28(13-18(30)25-17-10-6-4-8-15(17)21(22,23)24)19(31)11-12-29-20(32)14-7-3-5-9-16(14)26-27-29/h3-10H,2,11-13H2,1H3,(H,25,30). The molecule has 0 unspecified atom stereocenters. The quantitative estimate of drug-likeness (QED) is 0.601. The van der Waals surface area contributed by atoms with Gasteiger partial charge in [0.2, 0.25) is 11.8 Å². The van der Waals surface area contributed by atoms with Crippen molar-refractivity contribution in [1.82, 2.24) is 19.9 Å². The van der Waals surface area contributed by atoms with Crippen LogP contribution in [0.25, 0.3) is 10.9 Å². The lowest BCUT2D eigenvalue weighted by atomic mass is 10.1. The monoisotopic (exact) mass is 447 g/mol. The molecule has 8 nitrogen and oxygen atoms in total. The zero-order valence-electron chi connectivity index (χ0n) is 17.1. The van der Waals surface area contributed by atoms with E-state index in [1.807, 2.05) is 0 Å². The molecule has 0 atom stereocenters. The molecule has 0 aliphatic carbocycles. The van der Waals surface area contributed by atoms with E-state index in [1.165, 1.54) is 17.0 Å². The zero-order chi connectivity index (χ0) is 23.3. The Labute approximate surface area is 180 Å². The fraction of sp³-hybridized carbons (Fsp3) is 0.286. The predicted molar refractivity (Wildman–Crippen MR) is 111 cm³/mol. The minimum Gasteiger partial charge on any atom is -0.334 e. The molecule has 0 radical (unpaired) electrons.